The van der Waals surface area contributed by atoms with Crippen LogP contribution in [0.1, 0.15) is 25.6 Å². The molecular formula is C20H22N4OS. The number of nitrogens with one attached hydrogen (secondary N) is 1. The number of aromatic nitrogens is 2. The van der Waals surface area contributed by atoms with Crippen LogP contribution in [0, 0.1) is 6.92 Å². The van der Waals surface area contributed by atoms with E-state index in [-0.39, 0.29) is 5.91 Å². The molecule has 1 aromatic carbocycles. The van der Waals surface area contributed by atoms with Crippen molar-refractivity contribution in [1.29, 1.82) is 0 Å². The zero-order valence-corrected chi connectivity index (χ0v) is 15.8. The molecule has 6 heteroatoms. The van der Waals surface area contributed by atoms with Crippen LogP contribution >= 0.6 is 11.3 Å². The summed E-state index contributed by atoms with van der Waals surface area (Å²) < 4.78 is 0. The Kier molecular flexibility index (Phi) is 4.59. The first kappa shape index (κ1) is 17.0. The van der Waals surface area contributed by atoms with Crippen molar-refractivity contribution in [3.8, 4) is 11.1 Å². The van der Waals surface area contributed by atoms with E-state index in [2.05, 4.69) is 39.9 Å². The van der Waals surface area contributed by atoms with Gasteiger partial charge < -0.3 is 10.2 Å². The Bertz CT molecular complexity index is 930. The number of benzene rings is 1. The van der Waals surface area contributed by atoms with Crippen LogP contribution in [0.2, 0.25) is 0 Å². The lowest BCUT2D eigenvalue weighted by Gasteiger charge is -2.32. The molecule has 2 aromatic heterocycles. The number of nitrogens with zero attached hydrogens (tertiary/aromatic N) is 3. The third-order valence-electron chi connectivity index (χ3n) is 4.91. The van der Waals surface area contributed by atoms with Crippen molar-refractivity contribution in [1.82, 2.24) is 14.9 Å². The van der Waals surface area contributed by atoms with Gasteiger partial charge in [0, 0.05) is 37.0 Å². The predicted molar refractivity (Wildman–Crippen MR) is 106 cm³/mol. The molecule has 1 amide bonds. The van der Waals surface area contributed by atoms with Crippen LogP contribution in [-0.2, 0) is 4.79 Å². The number of hydrogen-bond acceptors (Lipinski definition) is 5. The van der Waals surface area contributed by atoms with Crippen molar-refractivity contribution in [3.05, 3.63) is 41.5 Å². The number of carbonyl (C=O) groups is 1. The van der Waals surface area contributed by atoms with Crippen molar-refractivity contribution < 1.29 is 4.79 Å². The third-order valence-corrected chi connectivity index (χ3v) is 5.78. The van der Waals surface area contributed by atoms with Crippen LogP contribution in [0.15, 0.2) is 35.7 Å². The van der Waals surface area contributed by atoms with E-state index in [4.69, 9.17) is 4.98 Å². The Labute approximate surface area is 157 Å². The lowest BCUT2D eigenvalue weighted by Crippen LogP contribution is -2.41. The van der Waals surface area contributed by atoms with Gasteiger partial charge in [0.05, 0.1) is 5.39 Å². The summed E-state index contributed by atoms with van der Waals surface area (Å²) in [5, 5.41) is 6.90. The molecule has 1 N–H and O–H groups in total. The smallest absolute Gasteiger partial charge is 0.219 e. The van der Waals surface area contributed by atoms with Gasteiger partial charge in [0.25, 0.3) is 0 Å². The van der Waals surface area contributed by atoms with Gasteiger partial charge in [-0.1, -0.05) is 30.3 Å². The first-order valence-electron chi connectivity index (χ1n) is 8.95. The summed E-state index contributed by atoms with van der Waals surface area (Å²) in [4.78, 5) is 23.8. The average Bonchev–Trinajstić information content (AvgIpc) is 3.07. The predicted octanol–water partition coefficient (Wildman–Crippen LogP) is 4.09. The zero-order valence-electron chi connectivity index (χ0n) is 15.0. The fraction of sp³-hybridized carbons (Fsp3) is 0.350. The number of fused-ring (bicyclic) bond motifs is 1. The maximum atomic E-state index is 11.5. The van der Waals surface area contributed by atoms with Gasteiger partial charge in [-0.3, -0.25) is 4.79 Å². The summed E-state index contributed by atoms with van der Waals surface area (Å²) in [7, 11) is 0. The van der Waals surface area contributed by atoms with Gasteiger partial charge in [-0.25, -0.2) is 9.97 Å². The van der Waals surface area contributed by atoms with Crippen LogP contribution in [-0.4, -0.2) is 39.9 Å². The molecule has 0 saturated carbocycles. The fourth-order valence-corrected chi connectivity index (χ4v) is 4.51. The number of anilines is 1. The molecule has 0 atom stereocenters. The molecule has 1 aliphatic heterocycles. The standard InChI is InChI=1S/C20H22N4OS/c1-13-21-19(23-16-8-10-24(11-9-16)14(2)25)18-17(12-26-20(18)22-13)15-6-4-3-5-7-15/h3-7,12,16H,8-11H2,1-2H3,(H,21,22,23). The van der Waals surface area contributed by atoms with Crippen LogP contribution in [0.5, 0.6) is 0 Å². The molecule has 0 radical (unpaired) electrons. The number of rotatable bonds is 3. The molecule has 0 aliphatic carbocycles. The van der Waals surface area contributed by atoms with E-state index in [1.54, 1.807) is 18.3 Å². The van der Waals surface area contributed by atoms with Crippen LogP contribution in [0.3, 0.4) is 0 Å². The van der Waals surface area contributed by atoms with Crippen LogP contribution in [0.25, 0.3) is 21.3 Å². The largest absolute Gasteiger partial charge is 0.367 e. The molecule has 1 aliphatic rings. The lowest BCUT2D eigenvalue weighted by molar-refractivity contribution is -0.129. The molecule has 0 bridgehead atoms. The first-order valence-corrected chi connectivity index (χ1v) is 9.83. The Hall–Kier alpha value is -2.47. The van der Waals surface area contributed by atoms with E-state index in [1.807, 2.05) is 17.9 Å². The van der Waals surface area contributed by atoms with Gasteiger partial charge in [0.2, 0.25) is 5.91 Å². The molecule has 0 spiro atoms. The number of likely N-dealkylation sites (tertiary alicyclic amines) is 1. The van der Waals surface area contributed by atoms with E-state index >= 15 is 0 Å². The van der Waals surface area contributed by atoms with Crippen molar-refractivity contribution in [2.75, 3.05) is 18.4 Å². The summed E-state index contributed by atoms with van der Waals surface area (Å²) in [6.45, 7) is 5.18. The van der Waals surface area contributed by atoms with Gasteiger partial charge in [-0.2, -0.15) is 0 Å². The highest BCUT2D eigenvalue weighted by Gasteiger charge is 2.22. The number of piperidine rings is 1. The quantitative estimate of drug-likeness (QED) is 0.758. The minimum atomic E-state index is 0.160. The fourth-order valence-electron chi connectivity index (χ4n) is 3.52. The van der Waals surface area contributed by atoms with Gasteiger partial charge in [0.15, 0.2) is 0 Å². The lowest BCUT2D eigenvalue weighted by atomic mass is 10.0. The number of hydrogen-bond donors (Lipinski definition) is 1. The van der Waals surface area contributed by atoms with Crippen molar-refractivity contribution in [2.45, 2.75) is 32.7 Å². The molecule has 5 nitrogen and oxygen atoms in total. The second-order valence-corrected chi connectivity index (χ2v) is 7.60. The topological polar surface area (TPSA) is 58.1 Å². The summed E-state index contributed by atoms with van der Waals surface area (Å²) in [5.41, 5.74) is 2.36. The van der Waals surface area contributed by atoms with E-state index in [0.717, 1.165) is 47.8 Å². The Morgan fingerprint density at radius 3 is 2.62 bits per heavy atom. The second-order valence-electron chi connectivity index (χ2n) is 6.74. The normalized spacial score (nSPS) is 15.4. The van der Waals surface area contributed by atoms with Crippen LogP contribution in [0.4, 0.5) is 5.82 Å². The summed E-state index contributed by atoms with van der Waals surface area (Å²) in [6, 6.07) is 10.7. The molecule has 0 unspecified atom stereocenters. The minimum absolute atomic E-state index is 0.160. The van der Waals surface area contributed by atoms with E-state index in [0.29, 0.717) is 6.04 Å². The number of amides is 1. The molecule has 134 valence electrons. The van der Waals surface area contributed by atoms with E-state index in [1.165, 1.54) is 11.1 Å². The van der Waals surface area contributed by atoms with Crippen molar-refractivity contribution in [3.63, 3.8) is 0 Å². The molecule has 4 rings (SSSR count). The monoisotopic (exact) mass is 366 g/mol. The summed E-state index contributed by atoms with van der Waals surface area (Å²) in [6.07, 6.45) is 1.88. The first-order chi connectivity index (χ1) is 12.6. The van der Waals surface area contributed by atoms with E-state index < -0.39 is 0 Å². The Morgan fingerprint density at radius 1 is 1.19 bits per heavy atom. The molecule has 3 aromatic rings. The average molecular weight is 366 g/mol. The van der Waals surface area contributed by atoms with E-state index in [9.17, 15) is 4.79 Å². The van der Waals surface area contributed by atoms with Crippen LogP contribution < -0.4 is 5.32 Å². The Balaban J connectivity index is 1.66. The highest BCUT2D eigenvalue weighted by atomic mass is 32.1. The highest BCUT2D eigenvalue weighted by molar-refractivity contribution is 7.17. The molecule has 3 heterocycles. The van der Waals surface area contributed by atoms with Crippen molar-refractivity contribution >= 4 is 33.3 Å². The van der Waals surface area contributed by atoms with Gasteiger partial charge >= 0.3 is 0 Å². The maximum absolute atomic E-state index is 11.5. The zero-order chi connectivity index (χ0) is 18.1. The summed E-state index contributed by atoms with van der Waals surface area (Å²) >= 11 is 1.66. The Morgan fingerprint density at radius 2 is 1.92 bits per heavy atom. The molecule has 26 heavy (non-hydrogen) atoms. The molecule has 1 saturated heterocycles. The second kappa shape index (κ2) is 7.03. The molecular weight excluding hydrogens is 344 g/mol. The molecule has 1 fully saturated rings. The number of aryl methyl sites for hydroxylation is 1. The third kappa shape index (κ3) is 3.29. The summed E-state index contributed by atoms with van der Waals surface area (Å²) in [5.74, 6) is 1.85. The minimum Gasteiger partial charge on any atom is -0.367 e. The highest BCUT2D eigenvalue weighted by Crippen LogP contribution is 2.37. The maximum Gasteiger partial charge on any atom is 0.219 e. The SMILES string of the molecule is CC(=O)N1CCC(Nc2nc(C)nc3scc(-c4ccccc4)c23)CC1. The van der Waals surface area contributed by atoms with Crippen molar-refractivity contribution in [2.24, 2.45) is 0 Å². The van der Waals surface area contributed by atoms with Gasteiger partial charge in [-0.15, -0.1) is 11.3 Å². The van der Waals surface area contributed by atoms with Gasteiger partial charge in [0.1, 0.15) is 16.5 Å². The van der Waals surface area contributed by atoms with Gasteiger partial charge in [-0.05, 0) is 25.3 Å². The number of carbonyl (C=O) groups excluding carboxylic acids is 1. The number of thiophene rings is 1.